The van der Waals surface area contributed by atoms with E-state index in [1.165, 1.54) is 37.5 Å². The molecule has 4 nitrogen and oxygen atoms in total. The fraction of sp³-hybridized carbons (Fsp3) is 0.0588. The highest BCUT2D eigenvalue weighted by atomic mass is 19.1. The SMILES string of the molecule is CC(=O)Oc1ccc2occ(C(=O)c3ccc(F)cc3)c2c1. The minimum absolute atomic E-state index is 0.293. The van der Waals surface area contributed by atoms with Crippen molar-refractivity contribution in [3.63, 3.8) is 0 Å². The number of carbonyl (C=O) groups excluding carboxylic acids is 2. The van der Waals surface area contributed by atoms with Crippen LogP contribution in [0.15, 0.2) is 53.1 Å². The monoisotopic (exact) mass is 298 g/mol. The van der Waals surface area contributed by atoms with Crippen LogP contribution in [0.4, 0.5) is 4.39 Å². The molecule has 0 spiro atoms. The maximum Gasteiger partial charge on any atom is 0.308 e. The highest BCUT2D eigenvalue weighted by Gasteiger charge is 2.16. The summed E-state index contributed by atoms with van der Waals surface area (Å²) >= 11 is 0. The summed E-state index contributed by atoms with van der Waals surface area (Å²) < 4.78 is 23.3. The molecule has 0 aliphatic rings. The van der Waals surface area contributed by atoms with E-state index in [0.29, 0.717) is 27.8 Å². The summed E-state index contributed by atoms with van der Waals surface area (Å²) in [5.74, 6) is -0.826. The Bertz CT molecular complexity index is 862. The van der Waals surface area contributed by atoms with Crippen LogP contribution in [0.25, 0.3) is 11.0 Å². The molecule has 2 aromatic carbocycles. The van der Waals surface area contributed by atoms with Crippen molar-refractivity contribution in [2.45, 2.75) is 6.92 Å². The van der Waals surface area contributed by atoms with Gasteiger partial charge in [0.25, 0.3) is 0 Å². The van der Waals surface area contributed by atoms with E-state index in [2.05, 4.69) is 0 Å². The van der Waals surface area contributed by atoms with Crippen LogP contribution in [0.3, 0.4) is 0 Å². The lowest BCUT2D eigenvalue weighted by molar-refractivity contribution is -0.131. The molecule has 0 aliphatic heterocycles. The molecular weight excluding hydrogens is 287 g/mol. The molecule has 0 N–H and O–H groups in total. The van der Waals surface area contributed by atoms with Gasteiger partial charge in [-0.2, -0.15) is 0 Å². The zero-order chi connectivity index (χ0) is 15.7. The molecule has 0 fully saturated rings. The van der Waals surface area contributed by atoms with E-state index < -0.39 is 11.8 Å². The van der Waals surface area contributed by atoms with Crippen molar-refractivity contribution in [2.24, 2.45) is 0 Å². The van der Waals surface area contributed by atoms with Gasteiger partial charge < -0.3 is 9.15 Å². The van der Waals surface area contributed by atoms with Crippen LogP contribution in [-0.2, 0) is 4.79 Å². The summed E-state index contributed by atoms with van der Waals surface area (Å²) in [6.45, 7) is 1.30. The number of ether oxygens (including phenoxy) is 1. The molecule has 0 atom stereocenters. The smallest absolute Gasteiger partial charge is 0.308 e. The Balaban J connectivity index is 2.04. The predicted molar refractivity (Wildman–Crippen MR) is 77.4 cm³/mol. The number of fused-ring (bicyclic) bond motifs is 1. The van der Waals surface area contributed by atoms with E-state index in [1.54, 1.807) is 18.2 Å². The average molecular weight is 298 g/mol. The highest BCUT2D eigenvalue weighted by molar-refractivity contribution is 6.16. The second kappa shape index (κ2) is 5.44. The quantitative estimate of drug-likeness (QED) is 0.420. The van der Waals surface area contributed by atoms with Crippen LogP contribution in [0.1, 0.15) is 22.8 Å². The van der Waals surface area contributed by atoms with Gasteiger partial charge in [-0.3, -0.25) is 9.59 Å². The molecule has 22 heavy (non-hydrogen) atoms. The molecule has 0 aliphatic carbocycles. The minimum Gasteiger partial charge on any atom is -0.464 e. The summed E-state index contributed by atoms with van der Waals surface area (Å²) in [7, 11) is 0. The maximum atomic E-state index is 12.9. The van der Waals surface area contributed by atoms with Crippen LogP contribution in [0.2, 0.25) is 0 Å². The van der Waals surface area contributed by atoms with Crippen molar-refractivity contribution in [3.05, 3.63) is 65.7 Å². The molecule has 0 saturated heterocycles. The van der Waals surface area contributed by atoms with Crippen molar-refractivity contribution in [3.8, 4) is 5.75 Å². The fourth-order valence-corrected chi connectivity index (χ4v) is 2.17. The molecule has 3 rings (SSSR count). The van der Waals surface area contributed by atoms with E-state index in [-0.39, 0.29) is 5.78 Å². The van der Waals surface area contributed by atoms with E-state index in [1.807, 2.05) is 0 Å². The summed E-state index contributed by atoms with van der Waals surface area (Å²) in [6, 6.07) is 10.0. The number of hydrogen-bond donors (Lipinski definition) is 0. The van der Waals surface area contributed by atoms with Crippen LogP contribution >= 0.6 is 0 Å². The van der Waals surface area contributed by atoms with Gasteiger partial charge in [0, 0.05) is 17.9 Å². The second-order valence-corrected chi connectivity index (χ2v) is 4.74. The third kappa shape index (κ3) is 2.61. The Hall–Kier alpha value is -2.95. The van der Waals surface area contributed by atoms with Gasteiger partial charge in [-0.05, 0) is 42.5 Å². The minimum atomic E-state index is -0.450. The molecular formula is C17H11FO4. The number of benzene rings is 2. The molecule has 0 unspecified atom stereocenters. The molecule has 0 bridgehead atoms. The molecule has 5 heteroatoms. The first-order valence-corrected chi connectivity index (χ1v) is 6.54. The third-order valence-corrected chi connectivity index (χ3v) is 3.16. The van der Waals surface area contributed by atoms with Gasteiger partial charge in [0.05, 0.1) is 5.56 Å². The van der Waals surface area contributed by atoms with Gasteiger partial charge in [0.15, 0.2) is 5.78 Å². The number of carbonyl (C=O) groups is 2. The van der Waals surface area contributed by atoms with Gasteiger partial charge in [-0.25, -0.2) is 4.39 Å². The average Bonchev–Trinajstić information content (AvgIpc) is 2.90. The van der Waals surface area contributed by atoms with Crippen LogP contribution in [-0.4, -0.2) is 11.8 Å². The molecule has 0 amide bonds. The van der Waals surface area contributed by atoms with Gasteiger partial charge in [0.2, 0.25) is 0 Å². The van der Waals surface area contributed by atoms with Crippen molar-refractivity contribution in [1.29, 1.82) is 0 Å². The Morgan fingerprint density at radius 3 is 2.50 bits per heavy atom. The Labute approximate surface area is 125 Å². The number of hydrogen-bond acceptors (Lipinski definition) is 4. The predicted octanol–water partition coefficient (Wildman–Crippen LogP) is 3.73. The van der Waals surface area contributed by atoms with E-state index in [4.69, 9.17) is 9.15 Å². The van der Waals surface area contributed by atoms with Crippen LogP contribution < -0.4 is 4.74 Å². The summed E-state index contributed by atoms with van der Waals surface area (Å²) in [4.78, 5) is 23.5. The van der Waals surface area contributed by atoms with Gasteiger partial charge in [-0.15, -0.1) is 0 Å². The van der Waals surface area contributed by atoms with Crippen molar-refractivity contribution < 1.29 is 23.1 Å². The first-order valence-electron chi connectivity index (χ1n) is 6.54. The summed E-state index contributed by atoms with van der Waals surface area (Å²) in [5.41, 5.74) is 1.18. The second-order valence-electron chi connectivity index (χ2n) is 4.74. The molecule has 1 aromatic heterocycles. The lowest BCUT2D eigenvalue weighted by atomic mass is 10.0. The number of rotatable bonds is 3. The molecule has 0 radical (unpaired) electrons. The molecule has 1 heterocycles. The Morgan fingerprint density at radius 2 is 1.82 bits per heavy atom. The normalized spacial score (nSPS) is 10.6. The summed E-state index contributed by atoms with van der Waals surface area (Å²) in [5, 5.41) is 0.535. The third-order valence-electron chi connectivity index (χ3n) is 3.16. The topological polar surface area (TPSA) is 56.5 Å². The first kappa shape index (κ1) is 14.0. The van der Waals surface area contributed by atoms with E-state index >= 15 is 0 Å². The highest BCUT2D eigenvalue weighted by Crippen LogP contribution is 2.27. The van der Waals surface area contributed by atoms with Crippen molar-refractivity contribution in [2.75, 3.05) is 0 Å². The number of ketones is 1. The van der Waals surface area contributed by atoms with Gasteiger partial charge in [0.1, 0.15) is 23.4 Å². The van der Waals surface area contributed by atoms with E-state index in [0.717, 1.165) is 0 Å². The van der Waals surface area contributed by atoms with Crippen molar-refractivity contribution >= 4 is 22.7 Å². The van der Waals surface area contributed by atoms with Crippen LogP contribution in [0, 0.1) is 5.82 Å². The van der Waals surface area contributed by atoms with Crippen LogP contribution in [0.5, 0.6) is 5.75 Å². The largest absolute Gasteiger partial charge is 0.464 e. The number of esters is 1. The Morgan fingerprint density at radius 1 is 1.09 bits per heavy atom. The number of furan rings is 1. The van der Waals surface area contributed by atoms with Gasteiger partial charge >= 0.3 is 5.97 Å². The Kier molecular flexibility index (Phi) is 3.47. The van der Waals surface area contributed by atoms with Gasteiger partial charge in [-0.1, -0.05) is 0 Å². The van der Waals surface area contributed by atoms with E-state index in [9.17, 15) is 14.0 Å². The zero-order valence-electron chi connectivity index (χ0n) is 11.6. The number of halogens is 1. The lowest BCUT2D eigenvalue weighted by Crippen LogP contribution is -2.02. The molecule has 0 saturated carbocycles. The fourth-order valence-electron chi connectivity index (χ4n) is 2.17. The lowest BCUT2D eigenvalue weighted by Gasteiger charge is -2.02. The molecule has 3 aromatic rings. The standard InChI is InChI=1S/C17H11FO4/c1-10(19)22-13-6-7-16-14(8-13)15(9-21-16)17(20)11-2-4-12(18)5-3-11/h2-9H,1H3. The summed E-state index contributed by atoms with van der Waals surface area (Å²) in [6.07, 6.45) is 1.34. The molecule has 110 valence electrons. The first-order chi connectivity index (χ1) is 10.5. The van der Waals surface area contributed by atoms with Crippen molar-refractivity contribution in [1.82, 2.24) is 0 Å². The zero-order valence-corrected chi connectivity index (χ0v) is 11.6. The maximum absolute atomic E-state index is 12.9.